The van der Waals surface area contributed by atoms with Crippen LogP contribution in [0.25, 0.3) is 10.6 Å². The summed E-state index contributed by atoms with van der Waals surface area (Å²) in [6, 6.07) is 6.13. The number of aromatic nitrogens is 1. The van der Waals surface area contributed by atoms with Gasteiger partial charge in [0.15, 0.2) is 0 Å². The zero-order chi connectivity index (χ0) is 12.4. The van der Waals surface area contributed by atoms with E-state index in [0.29, 0.717) is 5.02 Å². The summed E-state index contributed by atoms with van der Waals surface area (Å²) in [5.41, 5.74) is 2.15. The molecule has 0 bridgehead atoms. The second-order valence-electron chi connectivity index (χ2n) is 3.72. The number of benzene rings is 1. The van der Waals surface area contributed by atoms with E-state index >= 15 is 0 Å². The van der Waals surface area contributed by atoms with Gasteiger partial charge >= 0.3 is 0 Å². The fraction of sp³-hybridized carbons (Fsp3) is 0.250. The zero-order valence-electron chi connectivity index (χ0n) is 9.50. The molecule has 1 heterocycles. The molecule has 90 valence electrons. The third-order valence-corrected chi connectivity index (χ3v) is 4.69. The minimum atomic E-state index is 0.274. The Hall–Kier alpha value is -0.420. The number of hydrogen-bond acceptors (Lipinski definition) is 3. The van der Waals surface area contributed by atoms with Gasteiger partial charge in [-0.05, 0) is 42.0 Å². The molecule has 0 saturated carbocycles. The Balaban J connectivity index is 2.33. The summed E-state index contributed by atoms with van der Waals surface area (Å²) in [7, 11) is 1.93. The first-order valence-corrected chi connectivity index (χ1v) is 7.25. The van der Waals surface area contributed by atoms with Gasteiger partial charge in [0.05, 0.1) is 10.7 Å². The van der Waals surface area contributed by atoms with Gasteiger partial charge in [-0.3, -0.25) is 0 Å². The van der Waals surface area contributed by atoms with Crippen molar-refractivity contribution in [2.45, 2.75) is 13.0 Å². The molecule has 0 radical (unpaired) electrons. The van der Waals surface area contributed by atoms with Crippen molar-refractivity contribution in [2.75, 3.05) is 7.05 Å². The van der Waals surface area contributed by atoms with Gasteiger partial charge in [0, 0.05) is 21.5 Å². The van der Waals surface area contributed by atoms with E-state index in [-0.39, 0.29) is 6.04 Å². The third kappa shape index (κ3) is 2.88. The van der Waals surface area contributed by atoms with Gasteiger partial charge in [-0.2, -0.15) is 0 Å². The van der Waals surface area contributed by atoms with Crippen LogP contribution in [0.2, 0.25) is 5.02 Å². The van der Waals surface area contributed by atoms with E-state index in [1.807, 2.05) is 25.2 Å². The maximum Gasteiger partial charge on any atom is 0.123 e. The van der Waals surface area contributed by atoms with Crippen LogP contribution in [0.4, 0.5) is 0 Å². The van der Waals surface area contributed by atoms with Crippen LogP contribution >= 0.6 is 38.9 Å². The third-order valence-electron chi connectivity index (χ3n) is 2.57. The van der Waals surface area contributed by atoms with Crippen molar-refractivity contribution in [2.24, 2.45) is 0 Å². The lowest BCUT2D eigenvalue weighted by Gasteiger charge is -2.05. The van der Waals surface area contributed by atoms with Crippen molar-refractivity contribution in [3.63, 3.8) is 0 Å². The highest BCUT2D eigenvalue weighted by atomic mass is 79.9. The van der Waals surface area contributed by atoms with E-state index in [1.54, 1.807) is 11.3 Å². The van der Waals surface area contributed by atoms with Crippen LogP contribution in [0.1, 0.15) is 18.7 Å². The van der Waals surface area contributed by atoms with Crippen molar-refractivity contribution < 1.29 is 0 Å². The average Bonchev–Trinajstić information content (AvgIpc) is 2.81. The summed E-state index contributed by atoms with van der Waals surface area (Å²) in [6.07, 6.45) is 0. The number of nitrogens with zero attached hydrogens (tertiary/aromatic N) is 1. The molecule has 5 heteroatoms. The fourth-order valence-electron chi connectivity index (χ4n) is 1.39. The van der Waals surface area contributed by atoms with E-state index < -0.39 is 0 Å². The van der Waals surface area contributed by atoms with Crippen LogP contribution in [0.15, 0.2) is 28.1 Å². The molecule has 1 atom stereocenters. The predicted octanol–water partition coefficient (Wildman–Crippen LogP) is 4.51. The molecular weight excluding hydrogens is 320 g/mol. The van der Waals surface area contributed by atoms with Gasteiger partial charge in [-0.1, -0.05) is 17.7 Å². The van der Waals surface area contributed by atoms with Gasteiger partial charge in [-0.25, -0.2) is 4.98 Å². The minimum absolute atomic E-state index is 0.274. The maximum absolute atomic E-state index is 5.97. The molecule has 0 spiro atoms. The molecule has 0 fully saturated rings. The van der Waals surface area contributed by atoms with Crippen LogP contribution in [0.5, 0.6) is 0 Å². The lowest BCUT2D eigenvalue weighted by atomic mass is 10.2. The highest BCUT2D eigenvalue weighted by Gasteiger charge is 2.10. The van der Waals surface area contributed by atoms with E-state index in [2.05, 4.69) is 38.5 Å². The topological polar surface area (TPSA) is 24.9 Å². The molecule has 0 aliphatic rings. The van der Waals surface area contributed by atoms with Crippen molar-refractivity contribution in [1.82, 2.24) is 10.3 Å². The lowest BCUT2D eigenvalue weighted by Crippen LogP contribution is -2.12. The largest absolute Gasteiger partial charge is 0.312 e. The number of hydrogen-bond donors (Lipinski definition) is 1. The van der Waals surface area contributed by atoms with Gasteiger partial charge in [-0.15, -0.1) is 11.3 Å². The highest BCUT2D eigenvalue weighted by molar-refractivity contribution is 9.10. The maximum atomic E-state index is 5.97. The highest BCUT2D eigenvalue weighted by Crippen LogP contribution is 2.31. The van der Waals surface area contributed by atoms with Crippen molar-refractivity contribution in [1.29, 1.82) is 0 Å². The molecular formula is C12H12BrClN2S. The zero-order valence-corrected chi connectivity index (χ0v) is 12.7. The molecule has 1 aromatic carbocycles. The molecule has 2 aromatic rings. The number of rotatable bonds is 3. The summed E-state index contributed by atoms with van der Waals surface area (Å²) in [6.45, 7) is 2.09. The predicted molar refractivity (Wildman–Crippen MR) is 77.7 cm³/mol. The van der Waals surface area contributed by atoms with E-state index in [0.717, 1.165) is 20.7 Å². The number of nitrogens with one attached hydrogen (secondary N) is 1. The summed E-state index contributed by atoms with van der Waals surface area (Å²) in [5, 5.41) is 6.99. The Labute approximate surface area is 118 Å². The Kier molecular flexibility index (Phi) is 4.20. The molecule has 0 amide bonds. The van der Waals surface area contributed by atoms with Crippen LogP contribution in [0.3, 0.4) is 0 Å². The molecule has 17 heavy (non-hydrogen) atoms. The molecule has 1 unspecified atom stereocenters. The number of thiazole rings is 1. The quantitative estimate of drug-likeness (QED) is 0.895. The first-order chi connectivity index (χ1) is 8.11. The Morgan fingerprint density at radius 2 is 2.24 bits per heavy atom. The smallest absolute Gasteiger partial charge is 0.123 e. The molecule has 1 N–H and O–H groups in total. The fourth-order valence-corrected chi connectivity index (χ4v) is 2.80. The summed E-state index contributed by atoms with van der Waals surface area (Å²) in [5.74, 6) is 0. The molecule has 0 aliphatic carbocycles. The summed E-state index contributed by atoms with van der Waals surface area (Å²) >= 11 is 11.0. The first kappa shape index (κ1) is 13.0. The van der Waals surface area contributed by atoms with E-state index in [4.69, 9.17) is 11.6 Å². The molecule has 0 aliphatic heterocycles. The standard InChI is InChI=1S/C12H12BrClN2S/c1-7(15-2)11-6-17-12(16-11)8-3-4-10(14)9(13)5-8/h3-7,15H,1-2H3. The van der Waals surface area contributed by atoms with Gasteiger partial charge in [0.25, 0.3) is 0 Å². The summed E-state index contributed by atoms with van der Waals surface area (Å²) in [4.78, 5) is 4.61. The van der Waals surface area contributed by atoms with Crippen molar-refractivity contribution in [3.8, 4) is 10.6 Å². The molecule has 2 rings (SSSR count). The monoisotopic (exact) mass is 330 g/mol. The SMILES string of the molecule is CNC(C)c1csc(-c2ccc(Cl)c(Br)c2)n1. The van der Waals surface area contributed by atoms with Crippen molar-refractivity contribution >= 4 is 38.9 Å². The van der Waals surface area contributed by atoms with Gasteiger partial charge in [0.1, 0.15) is 5.01 Å². The molecule has 0 saturated heterocycles. The van der Waals surface area contributed by atoms with Crippen LogP contribution in [-0.2, 0) is 0 Å². The van der Waals surface area contributed by atoms with Crippen molar-refractivity contribution in [3.05, 3.63) is 38.8 Å². The Bertz CT molecular complexity index is 527. The average molecular weight is 332 g/mol. The second-order valence-corrected chi connectivity index (χ2v) is 5.84. The van der Waals surface area contributed by atoms with Gasteiger partial charge < -0.3 is 5.32 Å². The Morgan fingerprint density at radius 3 is 2.88 bits per heavy atom. The molecule has 2 nitrogen and oxygen atoms in total. The number of halogens is 2. The summed E-state index contributed by atoms with van der Waals surface area (Å²) < 4.78 is 0.898. The van der Waals surface area contributed by atoms with E-state index in [1.165, 1.54) is 0 Å². The van der Waals surface area contributed by atoms with Crippen LogP contribution < -0.4 is 5.32 Å². The lowest BCUT2D eigenvalue weighted by molar-refractivity contribution is 0.637. The minimum Gasteiger partial charge on any atom is -0.312 e. The normalized spacial score (nSPS) is 12.7. The van der Waals surface area contributed by atoms with Crippen LogP contribution in [0, 0.1) is 0 Å². The van der Waals surface area contributed by atoms with Gasteiger partial charge in [0.2, 0.25) is 0 Å². The second kappa shape index (κ2) is 5.48. The first-order valence-electron chi connectivity index (χ1n) is 5.20. The van der Waals surface area contributed by atoms with E-state index in [9.17, 15) is 0 Å². The molecule has 1 aromatic heterocycles. The Morgan fingerprint density at radius 1 is 1.47 bits per heavy atom. The van der Waals surface area contributed by atoms with Crippen LogP contribution in [-0.4, -0.2) is 12.0 Å².